The summed E-state index contributed by atoms with van der Waals surface area (Å²) in [6.45, 7) is 1.39. The zero-order valence-corrected chi connectivity index (χ0v) is 10.3. The van der Waals surface area contributed by atoms with E-state index in [1.165, 1.54) is 12.1 Å². The Labute approximate surface area is 109 Å². The second-order valence-corrected chi connectivity index (χ2v) is 3.47. The number of benzene rings is 1. The predicted octanol–water partition coefficient (Wildman–Crippen LogP) is 1.07. The minimum Gasteiger partial charge on any atom is -0.480 e. The van der Waals surface area contributed by atoms with Gasteiger partial charge in [0.1, 0.15) is 6.54 Å². The Morgan fingerprint density at radius 2 is 1.95 bits per heavy atom. The Hall–Kier alpha value is -2.57. The predicted molar refractivity (Wildman–Crippen MR) is 67.1 cm³/mol. The third kappa shape index (κ3) is 4.66. The molecule has 0 heterocycles. The normalized spacial score (nSPS) is 9.53. The van der Waals surface area contributed by atoms with Crippen molar-refractivity contribution in [3.63, 3.8) is 0 Å². The van der Waals surface area contributed by atoms with Gasteiger partial charge in [0.2, 0.25) is 0 Å². The summed E-state index contributed by atoms with van der Waals surface area (Å²) in [7, 11) is 0. The molecule has 0 radical (unpaired) electrons. The SMILES string of the molecule is CCOC(=O)c1ccccc1NC(=O)NCC(=O)O. The largest absolute Gasteiger partial charge is 0.480 e. The van der Waals surface area contributed by atoms with Gasteiger partial charge in [-0.3, -0.25) is 4.79 Å². The van der Waals surface area contributed by atoms with Gasteiger partial charge in [0.25, 0.3) is 0 Å². The maximum absolute atomic E-state index is 11.6. The van der Waals surface area contributed by atoms with Crippen LogP contribution in [0.2, 0.25) is 0 Å². The number of carboxylic acid groups (broad SMARTS) is 1. The number of para-hydroxylation sites is 1. The van der Waals surface area contributed by atoms with Crippen molar-refractivity contribution in [2.75, 3.05) is 18.5 Å². The Morgan fingerprint density at radius 1 is 1.26 bits per heavy atom. The third-order valence-corrected chi connectivity index (χ3v) is 2.07. The molecule has 0 bridgehead atoms. The van der Waals surface area contributed by atoms with Crippen molar-refractivity contribution in [1.82, 2.24) is 5.32 Å². The van der Waals surface area contributed by atoms with Gasteiger partial charge in [0, 0.05) is 0 Å². The monoisotopic (exact) mass is 266 g/mol. The minimum atomic E-state index is -1.16. The first kappa shape index (κ1) is 14.5. The van der Waals surface area contributed by atoms with Crippen LogP contribution in [-0.2, 0) is 9.53 Å². The average molecular weight is 266 g/mol. The number of esters is 1. The van der Waals surface area contributed by atoms with Crippen LogP contribution in [0.1, 0.15) is 17.3 Å². The fraction of sp³-hybridized carbons (Fsp3) is 0.250. The molecule has 3 N–H and O–H groups in total. The molecule has 0 aliphatic rings. The summed E-state index contributed by atoms with van der Waals surface area (Å²) < 4.78 is 4.84. The van der Waals surface area contributed by atoms with Crippen molar-refractivity contribution in [2.45, 2.75) is 6.92 Å². The quantitative estimate of drug-likeness (QED) is 0.691. The number of rotatable bonds is 5. The van der Waals surface area contributed by atoms with Gasteiger partial charge in [-0.1, -0.05) is 12.1 Å². The van der Waals surface area contributed by atoms with Crippen LogP contribution in [0.5, 0.6) is 0 Å². The number of ether oxygens (including phenoxy) is 1. The van der Waals surface area contributed by atoms with E-state index < -0.39 is 24.5 Å². The van der Waals surface area contributed by atoms with Crippen molar-refractivity contribution in [1.29, 1.82) is 0 Å². The molecule has 0 aromatic heterocycles. The lowest BCUT2D eigenvalue weighted by molar-refractivity contribution is -0.135. The van der Waals surface area contributed by atoms with Crippen LogP contribution >= 0.6 is 0 Å². The lowest BCUT2D eigenvalue weighted by atomic mass is 10.2. The van der Waals surface area contributed by atoms with Crippen LogP contribution in [0.4, 0.5) is 10.5 Å². The summed E-state index contributed by atoms with van der Waals surface area (Å²) >= 11 is 0. The number of urea groups is 1. The van der Waals surface area contributed by atoms with Gasteiger partial charge in [-0.2, -0.15) is 0 Å². The molecule has 0 atom stereocenters. The maximum atomic E-state index is 11.6. The van der Waals surface area contributed by atoms with Gasteiger partial charge < -0.3 is 20.5 Å². The Bertz CT molecular complexity index is 487. The second kappa shape index (κ2) is 7.00. The standard InChI is InChI=1S/C12H14N2O5/c1-2-19-11(17)8-5-3-4-6-9(8)14-12(18)13-7-10(15)16/h3-6H,2,7H2,1H3,(H,15,16)(H2,13,14,18). The molecule has 0 unspecified atom stereocenters. The fourth-order valence-corrected chi connectivity index (χ4v) is 1.30. The van der Waals surface area contributed by atoms with Gasteiger partial charge in [-0.15, -0.1) is 0 Å². The highest BCUT2D eigenvalue weighted by Gasteiger charge is 2.13. The molecular formula is C12H14N2O5. The molecule has 19 heavy (non-hydrogen) atoms. The fourth-order valence-electron chi connectivity index (χ4n) is 1.30. The first-order valence-electron chi connectivity index (χ1n) is 5.57. The zero-order valence-electron chi connectivity index (χ0n) is 10.3. The molecule has 0 spiro atoms. The third-order valence-electron chi connectivity index (χ3n) is 2.07. The maximum Gasteiger partial charge on any atom is 0.340 e. The van der Waals surface area contributed by atoms with Crippen LogP contribution < -0.4 is 10.6 Å². The number of amides is 2. The molecule has 1 aromatic rings. The molecule has 1 aromatic carbocycles. The molecule has 2 amide bonds. The number of hydrogen-bond acceptors (Lipinski definition) is 4. The average Bonchev–Trinajstić information content (AvgIpc) is 2.37. The Balaban J connectivity index is 2.75. The first-order valence-corrected chi connectivity index (χ1v) is 5.57. The molecule has 7 nitrogen and oxygen atoms in total. The number of anilines is 1. The van der Waals surface area contributed by atoms with Crippen LogP contribution in [0.15, 0.2) is 24.3 Å². The summed E-state index contributed by atoms with van der Waals surface area (Å²) in [5.74, 6) is -1.72. The molecule has 0 saturated heterocycles. The van der Waals surface area contributed by atoms with Crippen molar-refractivity contribution >= 4 is 23.7 Å². The smallest absolute Gasteiger partial charge is 0.340 e. The van der Waals surface area contributed by atoms with E-state index in [4.69, 9.17) is 9.84 Å². The van der Waals surface area contributed by atoms with E-state index in [1.54, 1.807) is 19.1 Å². The van der Waals surface area contributed by atoms with E-state index in [0.29, 0.717) is 0 Å². The Morgan fingerprint density at radius 3 is 2.58 bits per heavy atom. The van der Waals surface area contributed by atoms with Crippen molar-refractivity contribution in [2.24, 2.45) is 0 Å². The summed E-state index contributed by atoms with van der Waals surface area (Å²) in [4.78, 5) is 33.3. The van der Waals surface area contributed by atoms with Crippen molar-refractivity contribution in [3.8, 4) is 0 Å². The van der Waals surface area contributed by atoms with Crippen molar-refractivity contribution in [3.05, 3.63) is 29.8 Å². The van der Waals surface area contributed by atoms with Gasteiger partial charge in [0.05, 0.1) is 17.9 Å². The molecule has 7 heteroatoms. The molecule has 0 fully saturated rings. The summed E-state index contributed by atoms with van der Waals surface area (Å²) in [6.07, 6.45) is 0. The summed E-state index contributed by atoms with van der Waals surface area (Å²) in [5.41, 5.74) is 0.457. The van der Waals surface area contributed by atoms with E-state index in [0.717, 1.165) is 0 Å². The number of carbonyl (C=O) groups is 3. The lowest BCUT2D eigenvalue weighted by Gasteiger charge is -2.10. The summed E-state index contributed by atoms with van der Waals surface area (Å²) in [6, 6.07) is 5.58. The van der Waals surface area contributed by atoms with Gasteiger partial charge in [-0.05, 0) is 19.1 Å². The topological polar surface area (TPSA) is 105 Å². The number of nitrogens with one attached hydrogen (secondary N) is 2. The molecule has 102 valence electrons. The molecule has 1 rings (SSSR count). The highest BCUT2D eigenvalue weighted by atomic mass is 16.5. The number of hydrogen-bond donors (Lipinski definition) is 3. The second-order valence-electron chi connectivity index (χ2n) is 3.47. The minimum absolute atomic E-state index is 0.204. The van der Waals surface area contributed by atoms with Crippen LogP contribution in [-0.4, -0.2) is 36.2 Å². The van der Waals surface area contributed by atoms with E-state index in [-0.39, 0.29) is 17.9 Å². The summed E-state index contributed by atoms with van der Waals surface area (Å²) in [5, 5.41) is 12.9. The molecule has 0 aliphatic carbocycles. The Kier molecular flexibility index (Phi) is 5.34. The number of aliphatic carboxylic acids is 1. The van der Waals surface area contributed by atoms with E-state index in [1.807, 2.05) is 0 Å². The van der Waals surface area contributed by atoms with Gasteiger partial charge in [0.15, 0.2) is 0 Å². The van der Waals surface area contributed by atoms with E-state index in [9.17, 15) is 14.4 Å². The molecule has 0 aliphatic heterocycles. The highest BCUT2D eigenvalue weighted by molar-refractivity contribution is 6.01. The highest BCUT2D eigenvalue weighted by Crippen LogP contribution is 2.15. The van der Waals surface area contributed by atoms with Gasteiger partial charge in [-0.25, -0.2) is 9.59 Å². The molecular weight excluding hydrogens is 252 g/mol. The van der Waals surface area contributed by atoms with Crippen LogP contribution in [0, 0.1) is 0 Å². The number of carbonyl (C=O) groups excluding carboxylic acids is 2. The van der Waals surface area contributed by atoms with E-state index in [2.05, 4.69) is 10.6 Å². The van der Waals surface area contributed by atoms with Crippen LogP contribution in [0.3, 0.4) is 0 Å². The number of carboxylic acids is 1. The lowest BCUT2D eigenvalue weighted by Crippen LogP contribution is -2.33. The zero-order chi connectivity index (χ0) is 14.3. The molecule has 0 saturated carbocycles. The van der Waals surface area contributed by atoms with E-state index >= 15 is 0 Å². The van der Waals surface area contributed by atoms with Crippen LogP contribution in [0.25, 0.3) is 0 Å². The first-order chi connectivity index (χ1) is 9.04. The van der Waals surface area contributed by atoms with Gasteiger partial charge >= 0.3 is 18.0 Å². The van der Waals surface area contributed by atoms with Crippen molar-refractivity contribution < 1.29 is 24.2 Å².